The van der Waals surface area contributed by atoms with Crippen LogP contribution in [0.5, 0.6) is 0 Å². The van der Waals surface area contributed by atoms with E-state index < -0.39 is 34.7 Å². The molecule has 1 aliphatic heterocycles. The van der Waals surface area contributed by atoms with E-state index in [0.717, 1.165) is 12.8 Å². The molecular weight excluding hydrogens is 464 g/mol. The van der Waals surface area contributed by atoms with Crippen molar-refractivity contribution >= 4 is 33.3 Å². The van der Waals surface area contributed by atoms with Gasteiger partial charge in [0.25, 0.3) is 0 Å². The van der Waals surface area contributed by atoms with Crippen LogP contribution in [0.2, 0.25) is 0 Å². The van der Waals surface area contributed by atoms with Crippen molar-refractivity contribution in [3.05, 3.63) is 48.0 Å². The molecule has 180 valence electrons. The minimum atomic E-state index is -4.13. The Hall–Kier alpha value is -3.13. The van der Waals surface area contributed by atoms with Crippen molar-refractivity contribution in [2.45, 2.75) is 50.7 Å². The molecule has 3 unspecified atom stereocenters. The van der Waals surface area contributed by atoms with Crippen LogP contribution in [0.1, 0.15) is 43.2 Å². The number of anilines is 1. The first-order valence-corrected chi connectivity index (χ1v) is 12.3. The van der Waals surface area contributed by atoms with Crippen LogP contribution < -0.4 is 10.5 Å². The van der Waals surface area contributed by atoms with E-state index in [2.05, 4.69) is 36.6 Å². The predicted octanol–water partition coefficient (Wildman–Crippen LogP) is 1.37. The average Bonchev–Trinajstić information content (AvgIpc) is 3.49. The molecule has 0 spiro atoms. The lowest BCUT2D eigenvalue weighted by Gasteiger charge is -2.20. The van der Waals surface area contributed by atoms with E-state index in [0.29, 0.717) is 17.0 Å². The van der Waals surface area contributed by atoms with E-state index in [1.54, 1.807) is 4.57 Å². The highest BCUT2D eigenvalue weighted by Gasteiger charge is 2.40. The normalized spacial score (nSPS) is 24.3. The summed E-state index contributed by atoms with van der Waals surface area (Å²) in [5.41, 5.74) is 3.58. The maximum Gasteiger partial charge on any atom is 0.333 e. The maximum atomic E-state index is 11.7. The number of nitrogens with one attached hydrogen (secondary N) is 1. The first kappa shape index (κ1) is 22.7. The SMILES string of the molecule is CC(=O)OC1CC(COS(N)(=O)=O)OC1n1cnc2c(N[C@H]3CCc4ccccc43)ncnc21. The van der Waals surface area contributed by atoms with Crippen molar-refractivity contribution in [1.29, 1.82) is 0 Å². The number of ether oxygens (including phenoxy) is 2. The fourth-order valence-electron chi connectivity index (χ4n) is 4.57. The number of aromatic nitrogens is 4. The fraction of sp³-hybridized carbons (Fsp3) is 0.429. The van der Waals surface area contributed by atoms with Gasteiger partial charge in [0.1, 0.15) is 12.4 Å². The summed E-state index contributed by atoms with van der Waals surface area (Å²) < 4.78 is 40.0. The maximum absolute atomic E-state index is 11.7. The molecule has 0 amide bonds. The Kier molecular flexibility index (Phi) is 5.93. The monoisotopic (exact) mass is 488 g/mol. The van der Waals surface area contributed by atoms with Gasteiger partial charge in [-0.25, -0.2) is 20.1 Å². The van der Waals surface area contributed by atoms with Gasteiger partial charge in [-0.1, -0.05) is 24.3 Å². The fourth-order valence-corrected chi connectivity index (χ4v) is 4.92. The first-order chi connectivity index (χ1) is 16.3. The quantitative estimate of drug-likeness (QED) is 0.465. The Labute approximate surface area is 195 Å². The van der Waals surface area contributed by atoms with Crippen LogP contribution in [-0.4, -0.2) is 52.7 Å². The molecule has 1 aliphatic carbocycles. The molecule has 2 aliphatic rings. The second-order valence-corrected chi connectivity index (χ2v) is 9.51. The zero-order chi connectivity index (χ0) is 23.9. The van der Waals surface area contributed by atoms with Crippen molar-refractivity contribution in [3.8, 4) is 0 Å². The summed E-state index contributed by atoms with van der Waals surface area (Å²) in [6, 6.07) is 8.40. The highest BCUT2D eigenvalue weighted by molar-refractivity contribution is 7.84. The summed E-state index contributed by atoms with van der Waals surface area (Å²) >= 11 is 0. The number of hydrogen-bond acceptors (Lipinski definition) is 10. The molecule has 3 heterocycles. The molecule has 1 saturated heterocycles. The molecule has 3 N–H and O–H groups in total. The van der Waals surface area contributed by atoms with Gasteiger partial charge in [0, 0.05) is 13.3 Å². The Bertz CT molecular complexity index is 1330. The summed E-state index contributed by atoms with van der Waals surface area (Å²) in [7, 11) is -4.13. The van der Waals surface area contributed by atoms with Crippen molar-refractivity contribution < 1.29 is 26.9 Å². The van der Waals surface area contributed by atoms with Gasteiger partial charge in [-0.3, -0.25) is 13.5 Å². The third-order valence-corrected chi connectivity index (χ3v) is 6.42. The first-order valence-electron chi connectivity index (χ1n) is 10.8. The number of benzene rings is 1. The summed E-state index contributed by atoms with van der Waals surface area (Å²) in [6.45, 7) is 0.990. The van der Waals surface area contributed by atoms with E-state index in [4.69, 9.17) is 14.6 Å². The second kappa shape index (κ2) is 8.91. The standard InChI is InChI=1S/C21H24N6O6S/c1-12(28)32-17-8-14(9-31-34(22,29)30)33-21(17)27-11-25-18-19(23-10-24-20(18)27)26-16-7-6-13-4-2-3-5-15(13)16/h2-5,10-11,14,16-17,21H,6-9H2,1H3,(H2,22,29,30)(H,23,24,26)/t14?,16-,17?,21?/m0/s1. The third kappa shape index (κ3) is 4.59. The molecule has 12 nitrogen and oxygen atoms in total. The number of carbonyl (C=O) groups is 1. The van der Waals surface area contributed by atoms with Gasteiger partial charge in [0.15, 0.2) is 23.2 Å². The smallest absolute Gasteiger partial charge is 0.333 e. The largest absolute Gasteiger partial charge is 0.458 e. The Morgan fingerprint density at radius 3 is 2.91 bits per heavy atom. The van der Waals surface area contributed by atoms with E-state index in [9.17, 15) is 13.2 Å². The number of nitrogens with zero attached hydrogens (tertiary/aromatic N) is 4. The number of carbonyl (C=O) groups excluding carboxylic acids is 1. The molecule has 0 saturated carbocycles. The third-order valence-electron chi connectivity index (χ3n) is 5.96. The number of aryl methyl sites for hydroxylation is 1. The molecule has 1 aromatic carbocycles. The van der Waals surface area contributed by atoms with Crippen LogP contribution in [0.3, 0.4) is 0 Å². The molecule has 13 heteroatoms. The van der Waals surface area contributed by atoms with Gasteiger partial charge in [-0.15, -0.1) is 0 Å². The lowest BCUT2D eigenvalue weighted by Crippen LogP contribution is -2.24. The van der Waals surface area contributed by atoms with E-state index >= 15 is 0 Å². The summed E-state index contributed by atoms with van der Waals surface area (Å²) in [5.74, 6) is 0.0921. The van der Waals surface area contributed by atoms with Crippen molar-refractivity contribution in [1.82, 2.24) is 19.5 Å². The van der Waals surface area contributed by atoms with Gasteiger partial charge >= 0.3 is 16.3 Å². The van der Waals surface area contributed by atoms with E-state index in [1.165, 1.54) is 30.7 Å². The minimum absolute atomic E-state index is 0.107. The zero-order valence-corrected chi connectivity index (χ0v) is 19.1. The van der Waals surface area contributed by atoms with E-state index in [1.807, 2.05) is 12.1 Å². The Balaban J connectivity index is 1.41. The molecule has 2 aromatic heterocycles. The predicted molar refractivity (Wildman–Crippen MR) is 120 cm³/mol. The summed E-state index contributed by atoms with van der Waals surface area (Å²) in [5, 5.41) is 8.40. The zero-order valence-electron chi connectivity index (χ0n) is 18.3. The molecule has 5 rings (SSSR count). The number of esters is 1. The second-order valence-electron chi connectivity index (χ2n) is 8.29. The number of imidazole rings is 1. The number of hydrogen-bond donors (Lipinski definition) is 2. The molecule has 0 bridgehead atoms. The van der Waals surface area contributed by atoms with Gasteiger partial charge in [-0.2, -0.15) is 8.42 Å². The molecule has 1 fully saturated rings. The van der Waals surface area contributed by atoms with E-state index in [-0.39, 0.29) is 19.1 Å². The van der Waals surface area contributed by atoms with Crippen molar-refractivity contribution in [2.24, 2.45) is 5.14 Å². The molecule has 4 atom stereocenters. The lowest BCUT2D eigenvalue weighted by molar-refractivity contribution is -0.152. The van der Waals surface area contributed by atoms with Crippen LogP contribution in [0.4, 0.5) is 5.82 Å². The Morgan fingerprint density at radius 2 is 2.12 bits per heavy atom. The minimum Gasteiger partial charge on any atom is -0.458 e. The molecule has 3 aromatic rings. The van der Waals surface area contributed by atoms with Gasteiger partial charge in [0.05, 0.1) is 25.1 Å². The van der Waals surface area contributed by atoms with Crippen molar-refractivity contribution in [3.63, 3.8) is 0 Å². The Morgan fingerprint density at radius 1 is 1.29 bits per heavy atom. The van der Waals surface area contributed by atoms with Gasteiger partial charge in [0.2, 0.25) is 0 Å². The number of rotatable bonds is 7. The lowest BCUT2D eigenvalue weighted by atomic mass is 10.1. The van der Waals surface area contributed by atoms with Crippen LogP contribution in [-0.2, 0) is 35.2 Å². The number of fused-ring (bicyclic) bond motifs is 2. The molecular formula is C21H24N6O6S. The van der Waals surface area contributed by atoms with Crippen LogP contribution in [0.25, 0.3) is 11.2 Å². The van der Waals surface area contributed by atoms with Gasteiger partial charge in [-0.05, 0) is 24.0 Å². The highest BCUT2D eigenvalue weighted by atomic mass is 32.2. The van der Waals surface area contributed by atoms with Crippen LogP contribution >= 0.6 is 0 Å². The van der Waals surface area contributed by atoms with Gasteiger partial charge < -0.3 is 14.8 Å². The van der Waals surface area contributed by atoms with Crippen LogP contribution in [0.15, 0.2) is 36.9 Å². The highest BCUT2D eigenvalue weighted by Crippen LogP contribution is 2.36. The topological polar surface area (TPSA) is 161 Å². The molecule has 34 heavy (non-hydrogen) atoms. The summed E-state index contributed by atoms with van der Waals surface area (Å²) in [4.78, 5) is 24.9. The van der Waals surface area contributed by atoms with Crippen molar-refractivity contribution in [2.75, 3.05) is 11.9 Å². The molecule has 0 radical (unpaired) electrons. The average molecular weight is 489 g/mol. The van der Waals surface area contributed by atoms with Crippen LogP contribution in [0, 0.1) is 0 Å². The summed E-state index contributed by atoms with van der Waals surface area (Å²) in [6.07, 6.45) is 2.97. The number of nitrogens with two attached hydrogens (primary N) is 1.